The number of hydrogen-bond donors (Lipinski definition) is 2. The van der Waals surface area contributed by atoms with E-state index in [2.05, 4.69) is 20.7 Å². The van der Waals surface area contributed by atoms with E-state index in [0.717, 1.165) is 5.56 Å². The highest BCUT2D eigenvalue weighted by molar-refractivity contribution is 9.10. The number of carbonyl (C=O) groups is 2. The Morgan fingerprint density at radius 3 is 2.54 bits per heavy atom. The van der Waals surface area contributed by atoms with Crippen LogP contribution < -0.4 is 4.72 Å². The van der Waals surface area contributed by atoms with Crippen LogP contribution in [-0.4, -0.2) is 56.6 Å². The molecular formula is C17H19BrN2O6S2. The molecule has 1 atom stereocenters. The van der Waals surface area contributed by atoms with Crippen molar-refractivity contribution >= 4 is 49.2 Å². The van der Waals surface area contributed by atoms with E-state index in [9.17, 15) is 23.1 Å². The van der Waals surface area contributed by atoms with E-state index < -0.39 is 41.2 Å². The molecule has 1 amide bonds. The molecule has 0 radical (unpaired) electrons. The Labute approximate surface area is 175 Å². The molecule has 0 saturated carbocycles. The van der Waals surface area contributed by atoms with Gasteiger partial charge in [-0.15, -0.1) is 0 Å². The van der Waals surface area contributed by atoms with E-state index in [1.54, 1.807) is 7.05 Å². The number of carbonyl (C=O) groups excluding carboxylic acids is 2. The monoisotopic (exact) mass is 490 g/mol. The Kier molecular flexibility index (Phi) is 8.13. The van der Waals surface area contributed by atoms with Crippen molar-refractivity contribution in [2.45, 2.75) is 17.5 Å². The lowest BCUT2D eigenvalue weighted by Crippen LogP contribution is -2.45. The number of aliphatic hydroxyl groups is 1. The molecular weight excluding hydrogens is 472 g/mol. The number of esters is 1. The molecule has 0 aliphatic carbocycles. The number of halogens is 1. The van der Waals surface area contributed by atoms with Gasteiger partial charge in [0.1, 0.15) is 6.04 Å². The molecule has 11 heteroatoms. The molecule has 1 heterocycles. The average Bonchev–Trinajstić information content (AvgIpc) is 3.17. The predicted octanol–water partition coefficient (Wildman–Crippen LogP) is 1.35. The van der Waals surface area contributed by atoms with Crippen molar-refractivity contribution in [2.24, 2.45) is 0 Å². The van der Waals surface area contributed by atoms with Crippen molar-refractivity contribution in [1.29, 1.82) is 0 Å². The number of rotatable bonds is 9. The second kappa shape index (κ2) is 10.1. The first kappa shape index (κ1) is 22.5. The number of hydrogen-bond acceptors (Lipinski definition) is 7. The predicted molar refractivity (Wildman–Crippen MR) is 107 cm³/mol. The lowest BCUT2D eigenvalue weighted by atomic mass is 10.3. The summed E-state index contributed by atoms with van der Waals surface area (Å²) in [6.07, 6.45) is 0. The third-order valence-corrected chi connectivity index (χ3v) is 6.40. The molecule has 2 aromatic rings. The molecule has 2 rings (SSSR count). The molecule has 0 bridgehead atoms. The van der Waals surface area contributed by atoms with E-state index >= 15 is 0 Å². The fourth-order valence-corrected chi connectivity index (χ4v) is 4.22. The van der Waals surface area contributed by atoms with Gasteiger partial charge in [-0.1, -0.05) is 15.9 Å². The van der Waals surface area contributed by atoms with Crippen molar-refractivity contribution in [3.63, 3.8) is 0 Å². The summed E-state index contributed by atoms with van der Waals surface area (Å²) < 4.78 is 32.3. The molecule has 1 aromatic carbocycles. The molecule has 8 nitrogen and oxygen atoms in total. The van der Waals surface area contributed by atoms with E-state index in [4.69, 9.17) is 4.74 Å². The van der Waals surface area contributed by atoms with Gasteiger partial charge in [0.25, 0.3) is 5.91 Å². The fraction of sp³-hybridized carbons (Fsp3) is 0.294. The van der Waals surface area contributed by atoms with E-state index in [0.29, 0.717) is 11.0 Å². The molecule has 1 unspecified atom stereocenters. The minimum atomic E-state index is -4.05. The number of benzene rings is 1. The van der Waals surface area contributed by atoms with Crippen molar-refractivity contribution in [2.75, 3.05) is 20.3 Å². The molecule has 0 saturated heterocycles. The van der Waals surface area contributed by atoms with Crippen LogP contribution in [0.4, 0.5) is 0 Å². The Morgan fingerprint density at radius 2 is 1.96 bits per heavy atom. The van der Waals surface area contributed by atoms with E-state index in [1.165, 1.54) is 40.5 Å². The summed E-state index contributed by atoms with van der Waals surface area (Å²) in [6.45, 7) is -1.01. The number of ether oxygens (including phenoxy) is 1. The van der Waals surface area contributed by atoms with E-state index in [1.807, 2.05) is 16.8 Å². The molecule has 1 aromatic heterocycles. The normalized spacial score (nSPS) is 12.4. The first-order chi connectivity index (χ1) is 13.2. The lowest BCUT2D eigenvalue weighted by Gasteiger charge is -2.18. The van der Waals surface area contributed by atoms with Crippen LogP contribution in [-0.2, 0) is 30.9 Å². The van der Waals surface area contributed by atoms with Gasteiger partial charge in [0.15, 0.2) is 6.61 Å². The maximum atomic E-state index is 12.3. The molecule has 2 N–H and O–H groups in total. The molecule has 28 heavy (non-hydrogen) atoms. The van der Waals surface area contributed by atoms with Gasteiger partial charge in [-0.2, -0.15) is 16.1 Å². The van der Waals surface area contributed by atoms with Gasteiger partial charge >= 0.3 is 5.97 Å². The number of nitrogens with zero attached hydrogens (tertiary/aromatic N) is 1. The number of thiophene rings is 1. The zero-order chi connectivity index (χ0) is 20.7. The number of sulfonamides is 1. The average molecular weight is 491 g/mol. The maximum Gasteiger partial charge on any atom is 0.327 e. The summed E-state index contributed by atoms with van der Waals surface area (Å²) >= 11 is 4.70. The van der Waals surface area contributed by atoms with Crippen molar-refractivity contribution in [3.8, 4) is 0 Å². The van der Waals surface area contributed by atoms with Gasteiger partial charge in [-0.25, -0.2) is 8.42 Å². The number of nitrogens with one attached hydrogen (secondary N) is 1. The van der Waals surface area contributed by atoms with Gasteiger partial charge in [-0.3, -0.25) is 9.59 Å². The molecule has 0 aliphatic rings. The largest absolute Gasteiger partial charge is 0.454 e. The second-order valence-corrected chi connectivity index (χ2v) is 9.21. The third-order valence-electron chi connectivity index (χ3n) is 3.65. The number of likely N-dealkylation sites (N-methyl/N-ethyl adjacent to an activating group) is 1. The van der Waals surface area contributed by atoms with Gasteiger partial charge in [-0.05, 0) is 46.7 Å². The van der Waals surface area contributed by atoms with Crippen LogP contribution in [0.15, 0.2) is 50.5 Å². The van der Waals surface area contributed by atoms with Crippen LogP contribution in [0.1, 0.15) is 5.56 Å². The van der Waals surface area contributed by atoms with Gasteiger partial charge in [0.05, 0.1) is 11.5 Å². The standard InChI is InChI=1S/C17H19BrN2O6S2/c1-20(8-12-6-7-27-11-12)16(22)10-26-17(23)15(9-21)19-28(24,25)14-4-2-13(18)3-5-14/h2-7,11,15,19,21H,8-10H2,1H3. The second-order valence-electron chi connectivity index (χ2n) is 5.80. The zero-order valence-corrected chi connectivity index (χ0v) is 18.1. The third kappa shape index (κ3) is 6.38. The van der Waals surface area contributed by atoms with Crippen LogP contribution in [0, 0.1) is 0 Å². The van der Waals surface area contributed by atoms with Crippen LogP contribution in [0.3, 0.4) is 0 Å². The summed E-state index contributed by atoms with van der Waals surface area (Å²) in [5.74, 6) is -1.49. The van der Waals surface area contributed by atoms with Crippen LogP contribution in [0.25, 0.3) is 0 Å². The summed E-state index contributed by atoms with van der Waals surface area (Å²) in [7, 11) is -2.49. The number of aliphatic hydroxyl groups excluding tert-OH is 1. The topological polar surface area (TPSA) is 113 Å². The number of amides is 1. The highest BCUT2D eigenvalue weighted by Gasteiger charge is 2.27. The van der Waals surface area contributed by atoms with Crippen LogP contribution in [0.5, 0.6) is 0 Å². The summed E-state index contributed by atoms with van der Waals surface area (Å²) in [5, 5.41) is 13.2. The Balaban J connectivity index is 1.91. The van der Waals surface area contributed by atoms with Gasteiger partial charge < -0.3 is 14.7 Å². The Hall–Kier alpha value is -1.79. The minimum absolute atomic E-state index is 0.0754. The van der Waals surface area contributed by atoms with Gasteiger partial charge in [0.2, 0.25) is 10.0 Å². The lowest BCUT2D eigenvalue weighted by molar-refractivity contribution is -0.153. The van der Waals surface area contributed by atoms with Crippen molar-refractivity contribution in [3.05, 3.63) is 51.1 Å². The highest BCUT2D eigenvalue weighted by Crippen LogP contribution is 2.15. The molecule has 152 valence electrons. The van der Waals surface area contributed by atoms with Crippen molar-refractivity contribution in [1.82, 2.24) is 9.62 Å². The molecule has 0 aliphatic heterocycles. The molecule has 0 fully saturated rings. The quantitative estimate of drug-likeness (QED) is 0.513. The summed E-state index contributed by atoms with van der Waals surface area (Å²) in [6, 6.07) is 6.10. The van der Waals surface area contributed by atoms with Crippen LogP contribution in [0.2, 0.25) is 0 Å². The summed E-state index contributed by atoms with van der Waals surface area (Å²) in [5.41, 5.74) is 0.947. The molecule has 0 spiro atoms. The Bertz CT molecular complexity index is 900. The van der Waals surface area contributed by atoms with Crippen LogP contribution >= 0.6 is 27.3 Å². The smallest absolute Gasteiger partial charge is 0.327 e. The van der Waals surface area contributed by atoms with Crippen molar-refractivity contribution < 1.29 is 27.9 Å². The first-order valence-corrected chi connectivity index (χ1v) is 11.3. The highest BCUT2D eigenvalue weighted by atomic mass is 79.9. The SMILES string of the molecule is CN(Cc1ccsc1)C(=O)COC(=O)C(CO)NS(=O)(=O)c1ccc(Br)cc1. The van der Waals surface area contributed by atoms with E-state index in [-0.39, 0.29) is 4.90 Å². The fourth-order valence-electron chi connectivity index (χ4n) is 2.12. The first-order valence-electron chi connectivity index (χ1n) is 8.03. The maximum absolute atomic E-state index is 12.3. The Morgan fingerprint density at radius 1 is 1.29 bits per heavy atom. The zero-order valence-electron chi connectivity index (χ0n) is 14.9. The van der Waals surface area contributed by atoms with Gasteiger partial charge in [0, 0.05) is 18.1 Å². The summed E-state index contributed by atoms with van der Waals surface area (Å²) in [4.78, 5) is 25.5. The minimum Gasteiger partial charge on any atom is -0.454 e.